The summed E-state index contributed by atoms with van der Waals surface area (Å²) in [6, 6.07) is 8.97. The standard InChI is InChI=1S/C18H26N4O/c1-4-16-7-5-6-8-17(16)13-21-9-11-22(12-10-21)14(2)18-19-15(3)20-23-18/h5-8,14H,4,9-13H2,1-3H3. The lowest BCUT2D eigenvalue weighted by Crippen LogP contribution is -2.46. The highest BCUT2D eigenvalue weighted by atomic mass is 16.5. The smallest absolute Gasteiger partial charge is 0.243 e. The van der Waals surface area contributed by atoms with Crippen molar-refractivity contribution in [2.24, 2.45) is 0 Å². The number of nitrogens with zero attached hydrogens (tertiary/aromatic N) is 4. The monoisotopic (exact) mass is 314 g/mol. The predicted molar refractivity (Wildman–Crippen MR) is 90.1 cm³/mol. The molecule has 23 heavy (non-hydrogen) atoms. The van der Waals surface area contributed by atoms with Gasteiger partial charge in [-0.15, -0.1) is 0 Å². The van der Waals surface area contributed by atoms with Gasteiger partial charge in [-0.3, -0.25) is 9.80 Å². The van der Waals surface area contributed by atoms with E-state index >= 15 is 0 Å². The van der Waals surface area contributed by atoms with Crippen LogP contribution in [0.15, 0.2) is 28.8 Å². The third-order valence-corrected chi connectivity index (χ3v) is 4.75. The Bertz CT molecular complexity index is 631. The fourth-order valence-electron chi connectivity index (χ4n) is 3.25. The molecule has 3 rings (SSSR count). The van der Waals surface area contributed by atoms with Gasteiger partial charge in [0.1, 0.15) is 0 Å². The van der Waals surface area contributed by atoms with Crippen molar-refractivity contribution >= 4 is 0 Å². The van der Waals surface area contributed by atoms with Gasteiger partial charge in [-0.1, -0.05) is 36.3 Å². The van der Waals surface area contributed by atoms with Crippen LogP contribution in [0, 0.1) is 6.92 Å². The molecule has 124 valence electrons. The molecule has 0 N–H and O–H groups in total. The van der Waals surface area contributed by atoms with Crippen molar-refractivity contribution in [2.45, 2.75) is 39.8 Å². The third kappa shape index (κ3) is 3.79. The van der Waals surface area contributed by atoms with Crippen molar-refractivity contribution in [3.05, 3.63) is 47.1 Å². The summed E-state index contributed by atoms with van der Waals surface area (Å²) in [4.78, 5) is 9.33. The summed E-state index contributed by atoms with van der Waals surface area (Å²) in [7, 11) is 0. The Kier molecular flexibility index (Phi) is 5.08. The van der Waals surface area contributed by atoms with Gasteiger partial charge in [0, 0.05) is 32.7 Å². The van der Waals surface area contributed by atoms with Crippen LogP contribution in [-0.2, 0) is 13.0 Å². The largest absolute Gasteiger partial charge is 0.338 e. The van der Waals surface area contributed by atoms with Gasteiger partial charge in [0.05, 0.1) is 6.04 Å². The molecule has 0 bridgehead atoms. The van der Waals surface area contributed by atoms with E-state index < -0.39 is 0 Å². The van der Waals surface area contributed by atoms with E-state index in [0.717, 1.165) is 45.0 Å². The zero-order valence-electron chi connectivity index (χ0n) is 14.3. The van der Waals surface area contributed by atoms with E-state index in [1.807, 2.05) is 6.92 Å². The van der Waals surface area contributed by atoms with Crippen molar-refractivity contribution in [2.75, 3.05) is 26.2 Å². The van der Waals surface area contributed by atoms with Gasteiger partial charge < -0.3 is 4.52 Å². The maximum Gasteiger partial charge on any atom is 0.243 e. The van der Waals surface area contributed by atoms with Crippen LogP contribution in [0.4, 0.5) is 0 Å². The lowest BCUT2D eigenvalue weighted by Gasteiger charge is -2.37. The van der Waals surface area contributed by atoms with Crippen LogP contribution in [0.25, 0.3) is 0 Å². The first-order chi connectivity index (χ1) is 11.2. The molecule has 1 aromatic heterocycles. The number of aryl methyl sites for hydroxylation is 2. The second-order valence-electron chi connectivity index (χ2n) is 6.29. The number of piperazine rings is 1. The number of benzene rings is 1. The minimum absolute atomic E-state index is 0.196. The summed E-state index contributed by atoms with van der Waals surface area (Å²) >= 11 is 0. The van der Waals surface area contributed by atoms with E-state index in [2.05, 4.69) is 58.1 Å². The molecule has 1 aliphatic heterocycles. The molecule has 2 aromatic rings. The normalized spacial score (nSPS) is 18.2. The summed E-state index contributed by atoms with van der Waals surface area (Å²) in [6.07, 6.45) is 1.10. The molecule has 0 radical (unpaired) electrons. The van der Waals surface area contributed by atoms with E-state index in [9.17, 15) is 0 Å². The molecule has 1 aromatic carbocycles. The van der Waals surface area contributed by atoms with Gasteiger partial charge in [-0.25, -0.2) is 0 Å². The highest BCUT2D eigenvalue weighted by Gasteiger charge is 2.25. The Balaban J connectivity index is 1.56. The van der Waals surface area contributed by atoms with Gasteiger partial charge >= 0.3 is 0 Å². The van der Waals surface area contributed by atoms with E-state index in [0.29, 0.717) is 5.82 Å². The van der Waals surface area contributed by atoms with Gasteiger partial charge in [0.2, 0.25) is 5.89 Å². The van der Waals surface area contributed by atoms with Crippen LogP contribution < -0.4 is 0 Å². The molecule has 1 fully saturated rings. The van der Waals surface area contributed by atoms with Crippen molar-refractivity contribution in [3.63, 3.8) is 0 Å². The van der Waals surface area contributed by atoms with Gasteiger partial charge in [-0.05, 0) is 31.4 Å². The Morgan fingerprint density at radius 3 is 2.43 bits per heavy atom. The third-order valence-electron chi connectivity index (χ3n) is 4.75. The van der Waals surface area contributed by atoms with Crippen LogP contribution in [0.2, 0.25) is 0 Å². The fraction of sp³-hybridized carbons (Fsp3) is 0.556. The quantitative estimate of drug-likeness (QED) is 0.849. The molecular formula is C18H26N4O. The first-order valence-electron chi connectivity index (χ1n) is 8.50. The van der Waals surface area contributed by atoms with Crippen LogP contribution in [-0.4, -0.2) is 46.1 Å². The van der Waals surface area contributed by atoms with E-state index in [4.69, 9.17) is 4.52 Å². The Labute approximate surface area is 138 Å². The van der Waals surface area contributed by atoms with Crippen molar-refractivity contribution in [1.29, 1.82) is 0 Å². The first kappa shape index (κ1) is 16.1. The SMILES string of the molecule is CCc1ccccc1CN1CCN(C(C)c2nc(C)no2)CC1. The van der Waals surface area contributed by atoms with Crippen molar-refractivity contribution in [1.82, 2.24) is 19.9 Å². The minimum atomic E-state index is 0.196. The summed E-state index contributed by atoms with van der Waals surface area (Å²) in [5.41, 5.74) is 2.92. The highest BCUT2D eigenvalue weighted by molar-refractivity contribution is 5.27. The van der Waals surface area contributed by atoms with Crippen molar-refractivity contribution in [3.8, 4) is 0 Å². The van der Waals surface area contributed by atoms with E-state index in [1.165, 1.54) is 11.1 Å². The first-order valence-corrected chi connectivity index (χ1v) is 8.50. The van der Waals surface area contributed by atoms with Gasteiger partial charge in [0.15, 0.2) is 5.82 Å². The Hall–Kier alpha value is -1.72. The summed E-state index contributed by atoms with van der Waals surface area (Å²) < 4.78 is 5.32. The number of hydrogen-bond acceptors (Lipinski definition) is 5. The Morgan fingerprint density at radius 1 is 1.13 bits per heavy atom. The number of hydrogen-bond donors (Lipinski definition) is 0. The molecular weight excluding hydrogens is 288 g/mol. The second kappa shape index (κ2) is 7.23. The summed E-state index contributed by atoms with van der Waals surface area (Å²) in [5, 5.41) is 3.90. The maximum atomic E-state index is 5.32. The lowest BCUT2D eigenvalue weighted by atomic mass is 10.0. The molecule has 0 amide bonds. The lowest BCUT2D eigenvalue weighted by molar-refractivity contribution is 0.0844. The van der Waals surface area contributed by atoms with Crippen LogP contribution >= 0.6 is 0 Å². The predicted octanol–water partition coefficient (Wildman–Crippen LogP) is 2.82. The highest BCUT2D eigenvalue weighted by Crippen LogP contribution is 2.21. The van der Waals surface area contributed by atoms with Crippen molar-refractivity contribution < 1.29 is 4.52 Å². The molecule has 0 aliphatic carbocycles. The van der Waals surface area contributed by atoms with Gasteiger partial charge in [-0.2, -0.15) is 4.98 Å². The molecule has 2 heterocycles. The second-order valence-corrected chi connectivity index (χ2v) is 6.29. The van der Waals surface area contributed by atoms with E-state index in [-0.39, 0.29) is 6.04 Å². The average molecular weight is 314 g/mol. The average Bonchev–Trinajstić information content (AvgIpc) is 3.02. The zero-order valence-corrected chi connectivity index (χ0v) is 14.3. The number of aromatic nitrogens is 2. The minimum Gasteiger partial charge on any atom is -0.338 e. The molecule has 0 saturated carbocycles. The molecule has 1 unspecified atom stereocenters. The maximum absolute atomic E-state index is 5.32. The molecule has 1 saturated heterocycles. The zero-order chi connectivity index (χ0) is 16.2. The molecule has 5 heteroatoms. The number of rotatable bonds is 5. The topological polar surface area (TPSA) is 45.4 Å². The Morgan fingerprint density at radius 2 is 1.83 bits per heavy atom. The summed E-state index contributed by atoms with van der Waals surface area (Å²) in [6.45, 7) is 11.5. The molecule has 5 nitrogen and oxygen atoms in total. The molecule has 0 spiro atoms. The van der Waals surface area contributed by atoms with Crippen LogP contribution in [0.1, 0.15) is 42.7 Å². The van der Waals surface area contributed by atoms with E-state index in [1.54, 1.807) is 0 Å². The molecule has 1 aliphatic rings. The van der Waals surface area contributed by atoms with Crippen LogP contribution in [0.5, 0.6) is 0 Å². The fourth-order valence-corrected chi connectivity index (χ4v) is 3.25. The van der Waals surface area contributed by atoms with Crippen LogP contribution in [0.3, 0.4) is 0 Å². The van der Waals surface area contributed by atoms with Gasteiger partial charge in [0.25, 0.3) is 0 Å². The summed E-state index contributed by atoms with van der Waals surface area (Å²) in [5.74, 6) is 1.44. The molecule has 1 atom stereocenters.